The van der Waals surface area contributed by atoms with Gasteiger partial charge in [0.2, 0.25) is 5.91 Å². The number of nitrogens with zero attached hydrogens (tertiary/aromatic N) is 5. The van der Waals surface area contributed by atoms with Crippen LogP contribution in [0.4, 0.5) is 0 Å². The van der Waals surface area contributed by atoms with E-state index in [1.807, 2.05) is 17.9 Å². The summed E-state index contributed by atoms with van der Waals surface area (Å²) in [6.45, 7) is 7.01. The van der Waals surface area contributed by atoms with Crippen LogP contribution in [0.2, 0.25) is 0 Å². The van der Waals surface area contributed by atoms with Crippen LogP contribution in [0, 0.1) is 11.8 Å². The van der Waals surface area contributed by atoms with E-state index in [9.17, 15) is 9.90 Å². The monoisotopic (exact) mass is 373 g/mol. The number of piperidine rings is 3. The highest BCUT2D eigenvalue weighted by molar-refractivity contribution is 5.79. The van der Waals surface area contributed by atoms with Gasteiger partial charge in [-0.3, -0.25) is 14.4 Å². The standard InChI is InChI=1S/C20H31N5O2/c1-3-9-23(2)19(26)17-13-24-10-6-15(17)11-16(24)12-25-14-18(21-22-25)20(27)7-4-5-8-20/h3,14-17,27H,1,4-13H2,2H3/t15-,16+,17-/m0/s1. The molecule has 1 aromatic heterocycles. The van der Waals surface area contributed by atoms with Crippen molar-refractivity contribution in [1.29, 1.82) is 0 Å². The first-order valence-corrected chi connectivity index (χ1v) is 10.2. The van der Waals surface area contributed by atoms with Crippen molar-refractivity contribution in [3.05, 3.63) is 24.5 Å². The van der Waals surface area contributed by atoms with Gasteiger partial charge in [-0.2, -0.15) is 0 Å². The molecule has 4 atom stereocenters. The summed E-state index contributed by atoms with van der Waals surface area (Å²) in [4.78, 5) is 17.0. The summed E-state index contributed by atoms with van der Waals surface area (Å²) in [5, 5.41) is 19.2. The zero-order valence-electron chi connectivity index (χ0n) is 16.3. The van der Waals surface area contributed by atoms with Gasteiger partial charge in [0.05, 0.1) is 18.7 Å². The topological polar surface area (TPSA) is 74.5 Å². The molecule has 1 aromatic rings. The van der Waals surface area contributed by atoms with E-state index in [2.05, 4.69) is 21.8 Å². The third-order valence-corrected chi connectivity index (χ3v) is 6.82. The molecule has 3 saturated heterocycles. The Morgan fingerprint density at radius 3 is 2.93 bits per heavy atom. The van der Waals surface area contributed by atoms with Crippen LogP contribution in [0.5, 0.6) is 0 Å². The lowest BCUT2D eigenvalue weighted by molar-refractivity contribution is -0.142. The number of aliphatic hydroxyl groups is 1. The molecule has 5 rings (SSSR count). The maximum absolute atomic E-state index is 12.7. The zero-order chi connectivity index (χ0) is 19.0. The van der Waals surface area contributed by atoms with Crippen LogP contribution in [-0.2, 0) is 16.9 Å². The summed E-state index contributed by atoms with van der Waals surface area (Å²) in [7, 11) is 1.86. The molecule has 0 radical (unpaired) electrons. The van der Waals surface area contributed by atoms with E-state index >= 15 is 0 Å². The third kappa shape index (κ3) is 3.55. The molecule has 0 spiro atoms. The predicted molar refractivity (Wildman–Crippen MR) is 102 cm³/mol. The minimum atomic E-state index is -0.780. The maximum Gasteiger partial charge on any atom is 0.227 e. The molecule has 0 aromatic carbocycles. The fourth-order valence-electron chi connectivity index (χ4n) is 5.21. The van der Waals surface area contributed by atoms with Gasteiger partial charge >= 0.3 is 0 Å². The molecule has 7 nitrogen and oxygen atoms in total. The van der Waals surface area contributed by atoms with E-state index in [1.54, 1.807) is 11.0 Å². The highest BCUT2D eigenvalue weighted by atomic mass is 16.3. The average molecular weight is 374 g/mol. The Morgan fingerprint density at radius 2 is 2.26 bits per heavy atom. The van der Waals surface area contributed by atoms with Gasteiger partial charge in [0.15, 0.2) is 0 Å². The number of carbonyl (C=O) groups is 1. The van der Waals surface area contributed by atoms with E-state index < -0.39 is 5.60 Å². The van der Waals surface area contributed by atoms with E-state index in [4.69, 9.17) is 0 Å². The van der Waals surface area contributed by atoms with Gasteiger partial charge in [-0.05, 0) is 38.1 Å². The van der Waals surface area contributed by atoms with Crippen molar-refractivity contribution in [3.8, 4) is 0 Å². The van der Waals surface area contributed by atoms with Crippen molar-refractivity contribution in [1.82, 2.24) is 24.8 Å². The summed E-state index contributed by atoms with van der Waals surface area (Å²) in [6.07, 6.45) is 9.50. The van der Waals surface area contributed by atoms with Crippen LogP contribution >= 0.6 is 0 Å². The number of amides is 1. The molecule has 148 valence electrons. The third-order valence-electron chi connectivity index (χ3n) is 6.82. The first-order valence-electron chi connectivity index (χ1n) is 10.2. The molecule has 1 N–H and O–H groups in total. The Morgan fingerprint density at radius 1 is 1.48 bits per heavy atom. The number of carbonyl (C=O) groups excluding carboxylic acids is 1. The molecule has 1 unspecified atom stereocenters. The lowest BCUT2D eigenvalue weighted by Gasteiger charge is -2.49. The molecule has 7 heteroatoms. The number of hydrogen-bond acceptors (Lipinski definition) is 5. The van der Waals surface area contributed by atoms with Crippen molar-refractivity contribution >= 4 is 5.91 Å². The molecular formula is C20H31N5O2. The molecule has 2 bridgehead atoms. The predicted octanol–water partition coefficient (Wildman–Crippen LogP) is 1.39. The van der Waals surface area contributed by atoms with Crippen molar-refractivity contribution in [2.45, 2.75) is 56.7 Å². The van der Waals surface area contributed by atoms with Crippen molar-refractivity contribution in [2.24, 2.45) is 11.8 Å². The Labute approximate surface area is 161 Å². The van der Waals surface area contributed by atoms with Crippen LogP contribution in [0.3, 0.4) is 0 Å². The first kappa shape index (κ1) is 18.6. The fourth-order valence-corrected chi connectivity index (χ4v) is 5.21. The van der Waals surface area contributed by atoms with Crippen LogP contribution < -0.4 is 0 Å². The van der Waals surface area contributed by atoms with E-state index in [-0.39, 0.29) is 11.8 Å². The van der Waals surface area contributed by atoms with Gasteiger partial charge in [-0.1, -0.05) is 24.1 Å². The second-order valence-corrected chi connectivity index (χ2v) is 8.61. The Balaban J connectivity index is 1.39. The van der Waals surface area contributed by atoms with Crippen LogP contribution in [0.25, 0.3) is 0 Å². The second-order valence-electron chi connectivity index (χ2n) is 8.61. The van der Waals surface area contributed by atoms with Gasteiger partial charge in [0.25, 0.3) is 0 Å². The van der Waals surface area contributed by atoms with Crippen molar-refractivity contribution in [3.63, 3.8) is 0 Å². The van der Waals surface area contributed by atoms with Crippen LogP contribution in [0.1, 0.15) is 44.2 Å². The zero-order valence-corrected chi connectivity index (χ0v) is 16.3. The SMILES string of the molecule is C=CCN(C)C(=O)[C@H]1CN2CC[C@H]1C[C@@H]2Cn1cc(C2(O)CCCC2)nn1. The van der Waals surface area contributed by atoms with Gasteiger partial charge in [-0.15, -0.1) is 11.7 Å². The Hall–Kier alpha value is -1.73. The largest absolute Gasteiger partial charge is 0.383 e. The van der Waals surface area contributed by atoms with E-state index in [0.717, 1.165) is 63.9 Å². The average Bonchev–Trinajstić information content (AvgIpc) is 3.32. The van der Waals surface area contributed by atoms with Gasteiger partial charge in [-0.25, -0.2) is 0 Å². The highest BCUT2D eigenvalue weighted by Crippen LogP contribution is 2.39. The molecule has 27 heavy (non-hydrogen) atoms. The molecule has 4 aliphatic rings. The van der Waals surface area contributed by atoms with Crippen LogP contribution in [0.15, 0.2) is 18.9 Å². The lowest BCUT2D eigenvalue weighted by atomic mass is 9.75. The molecule has 1 amide bonds. The van der Waals surface area contributed by atoms with Crippen molar-refractivity contribution < 1.29 is 9.90 Å². The van der Waals surface area contributed by atoms with Gasteiger partial charge < -0.3 is 10.0 Å². The summed E-state index contributed by atoms with van der Waals surface area (Å²) < 4.78 is 1.89. The fraction of sp³-hybridized carbons (Fsp3) is 0.750. The molecule has 4 heterocycles. The highest BCUT2D eigenvalue weighted by Gasteiger charge is 2.44. The minimum absolute atomic E-state index is 0.102. The molecule has 3 aliphatic heterocycles. The minimum Gasteiger partial charge on any atom is -0.383 e. The maximum atomic E-state index is 12.7. The van der Waals surface area contributed by atoms with Crippen molar-refractivity contribution in [2.75, 3.05) is 26.7 Å². The summed E-state index contributed by atoms with van der Waals surface area (Å²) >= 11 is 0. The molecule has 4 fully saturated rings. The summed E-state index contributed by atoms with van der Waals surface area (Å²) in [5.41, 5.74) is -0.0627. The van der Waals surface area contributed by atoms with Gasteiger partial charge in [0.1, 0.15) is 11.3 Å². The number of aromatic nitrogens is 3. The molecule has 1 saturated carbocycles. The number of rotatable bonds is 6. The smallest absolute Gasteiger partial charge is 0.227 e. The summed E-state index contributed by atoms with van der Waals surface area (Å²) in [5.74, 6) is 0.793. The first-order chi connectivity index (χ1) is 13.0. The number of fused-ring (bicyclic) bond motifs is 3. The van der Waals surface area contributed by atoms with Gasteiger partial charge in [0, 0.05) is 26.2 Å². The Kier molecular flexibility index (Phi) is 5.07. The van der Waals surface area contributed by atoms with Crippen LogP contribution in [-0.4, -0.2) is 68.5 Å². The quantitative estimate of drug-likeness (QED) is 0.763. The van der Waals surface area contributed by atoms with E-state index in [1.165, 1.54) is 0 Å². The Bertz CT molecular complexity index is 696. The van der Waals surface area contributed by atoms with E-state index in [0.29, 0.717) is 18.5 Å². The number of hydrogen-bond donors (Lipinski definition) is 1. The lowest BCUT2D eigenvalue weighted by Crippen LogP contribution is -2.58. The normalized spacial score (nSPS) is 31.8. The molecular weight excluding hydrogens is 342 g/mol. The second kappa shape index (κ2) is 7.36. The number of likely N-dealkylation sites (N-methyl/N-ethyl adjacent to an activating group) is 1. The molecule has 1 aliphatic carbocycles. The summed E-state index contributed by atoms with van der Waals surface area (Å²) in [6, 6.07) is 0.394.